The van der Waals surface area contributed by atoms with Crippen molar-refractivity contribution in [3.63, 3.8) is 0 Å². The van der Waals surface area contributed by atoms with Crippen LogP contribution in [0.15, 0.2) is 30.9 Å². The van der Waals surface area contributed by atoms with Gasteiger partial charge in [0.05, 0.1) is 6.04 Å². The Labute approximate surface area is 137 Å². The molecule has 4 rings (SSSR count). The SMILES string of the molecule is O=C(Nc1c(F)cccc1F)N1C2CCC1CC(n1cncn1)C2. The van der Waals surface area contributed by atoms with E-state index in [9.17, 15) is 13.6 Å². The number of nitrogens with one attached hydrogen (secondary N) is 1. The second-order valence-electron chi connectivity index (χ2n) is 6.32. The second kappa shape index (κ2) is 5.85. The van der Waals surface area contributed by atoms with Crippen LogP contribution in [0.25, 0.3) is 0 Å². The van der Waals surface area contributed by atoms with E-state index in [-0.39, 0.29) is 23.8 Å². The molecule has 2 unspecified atom stereocenters. The number of hydrogen-bond donors (Lipinski definition) is 1. The number of fused-ring (bicyclic) bond motifs is 2. The highest BCUT2D eigenvalue weighted by molar-refractivity contribution is 5.90. The normalized spacial score (nSPS) is 25.8. The van der Waals surface area contributed by atoms with Crippen LogP contribution < -0.4 is 5.32 Å². The van der Waals surface area contributed by atoms with Gasteiger partial charge in [0.1, 0.15) is 30.0 Å². The van der Waals surface area contributed by atoms with E-state index in [1.54, 1.807) is 11.2 Å². The molecule has 2 fully saturated rings. The molecule has 6 nitrogen and oxygen atoms in total. The minimum Gasteiger partial charge on any atom is -0.318 e. The number of hydrogen-bond acceptors (Lipinski definition) is 3. The molecule has 0 saturated carbocycles. The summed E-state index contributed by atoms with van der Waals surface area (Å²) in [4.78, 5) is 18.3. The van der Waals surface area contributed by atoms with Crippen molar-refractivity contribution >= 4 is 11.7 Å². The van der Waals surface area contributed by atoms with E-state index >= 15 is 0 Å². The topological polar surface area (TPSA) is 63.1 Å². The number of rotatable bonds is 2. The number of aromatic nitrogens is 3. The molecule has 0 spiro atoms. The van der Waals surface area contributed by atoms with Crippen LogP contribution in [-0.4, -0.2) is 37.8 Å². The van der Waals surface area contributed by atoms with Gasteiger partial charge in [0.2, 0.25) is 0 Å². The van der Waals surface area contributed by atoms with Crippen LogP contribution in [0.5, 0.6) is 0 Å². The van der Waals surface area contributed by atoms with Gasteiger partial charge < -0.3 is 10.2 Å². The van der Waals surface area contributed by atoms with Gasteiger partial charge in [-0.1, -0.05) is 6.07 Å². The molecule has 2 bridgehead atoms. The molecule has 2 amide bonds. The van der Waals surface area contributed by atoms with Gasteiger partial charge in [-0.05, 0) is 37.8 Å². The van der Waals surface area contributed by atoms with Crippen molar-refractivity contribution in [1.82, 2.24) is 19.7 Å². The fourth-order valence-electron chi connectivity index (χ4n) is 3.89. The maximum absolute atomic E-state index is 13.7. The van der Waals surface area contributed by atoms with Crippen LogP contribution in [0, 0.1) is 11.6 Å². The van der Waals surface area contributed by atoms with Crippen molar-refractivity contribution < 1.29 is 13.6 Å². The molecule has 8 heteroatoms. The van der Waals surface area contributed by atoms with E-state index in [0.717, 1.165) is 37.8 Å². The van der Waals surface area contributed by atoms with E-state index in [0.29, 0.717) is 0 Å². The van der Waals surface area contributed by atoms with Crippen molar-refractivity contribution in [2.75, 3.05) is 5.32 Å². The Morgan fingerprint density at radius 2 is 1.79 bits per heavy atom. The average Bonchev–Trinajstić information content (AvgIpc) is 3.18. The summed E-state index contributed by atoms with van der Waals surface area (Å²) in [6, 6.07) is 3.39. The highest BCUT2D eigenvalue weighted by Crippen LogP contribution is 2.40. The molecule has 0 aliphatic carbocycles. The van der Waals surface area contributed by atoms with Crippen LogP contribution in [0.3, 0.4) is 0 Å². The van der Waals surface area contributed by atoms with E-state index in [4.69, 9.17) is 0 Å². The smallest absolute Gasteiger partial charge is 0.318 e. The molecule has 2 atom stereocenters. The van der Waals surface area contributed by atoms with Crippen LogP contribution in [0.2, 0.25) is 0 Å². The van der Waals surface area contributed by atoms with Gasteiger partial charge in [-0.15, -0.1) is 0 Å². The first-order valence-corrected chi connectivity index (χ1v) is 8.01. The molecule has 126 valence electrons. The molecule has 2 aromatic rings. The standard InChI is InChI=1S/C16H17F2N5O/c17-13-2-1-3-14(18)15(13)21-16(24)23-10-4-5-11(23)7-12(6-10)22-9-19-8-20-22/h1-3,8-12H,4-7H2,(H,21,24). The number of benzene rings is 1. The summed E-state index contributed by atoms with van der Waals surface area (Å²) in [5.74, 6) is -1.54. The summed E-state index contributed by atoms with van der Waals surface area (Å²) in [7, 11) is 0. The quantitative estimate of drug-likeness (QED) is 0.919. The maximum Gasteiger partial charge on any atom is 0.322 e. The molecular formula is C16H17F2N5O. The van der Waals surface area contributed by atoms with Crippen LogP contribution in [-0.2, 0) is 0 Å². The van der Waals surface area contributed by atoms with Crippen molar-refractivity contribution in [3.8, 4) is 0 Å². The lowest BCUT2D eigenvalue weighted by Crippen LogP contribution is -2.49. The molecule has 1 N–H and O–H groups in total. The van der Waals surface area contributed by atoms with Gasteiger partial charge in [-0.2, -0.15) is 5.10 Å². The molecule has 3 heterocycles. The number of urea groups is 1. The molecule has 1 aromatic heterocycles. The zero-order valence-corrected chi connectivity index (χ0v) is 12.9. The zero-order valence-electron chi connectivity index (χ0n) is 12.9. The number of carbonyl (C=O) groups is 1. The Kier molecular flexibility index (Phi) is 3.66. The number of piperidine rings is 1. The summed E-state index contributed by atoms with van der Waals surface area (Å²) in [6.07, 6.45) is 6.52. The molecule has 0 radical (unpaired) electrons. The Morgan fingerprint density at radius 1 is 1.12 bits per heavy atom. The third kappa shape index (κ3) is 2.51. The first kappa shape index (κ1) is 15.0. The first-order valence-electron chi connectivity index (χ1n) is 8.01. The molecule has 2 aliphatic heterocycles. The number of amides is 2. The number of nitrogens with zero attached hydrogens (tertiary/aromatic N) is 4. The predicted molar refractivity (Wildman–Crippen MR) is 82.3 cm³/mol. The largest absolute Gasteiger partial charge is 0.322 e. The lowest BCUT2D eigenvalue weighted by Gasteiger charge is -2.38. The van der Waals surface area contributed by atoms with E-state index in [1.165, 1.54) is 12.4 Å². The van der Waals surface area contributed by atoms with Crippen LogP contribution >= 0.6 is 0 Å². The third-order valence-electron chi connectivity index (χ3n) is 4.95. The minimum absolute atomic E-state index is 0.0489. The molecule has 2 aliphatic rings. The second-order valence-corrected chi connectivity index (χ2v) is 6.32. The maximum atomic E-state index is 13.7. The van der Waals surface area contributed by atoms with Gasteiger partial charge in [0.25, 0.3) is 0 Å². The lowest BCUT2D eigenvalue weighted by molar-refractivity contribution is 0.129. The number of anilines is 1. The zero-order chi connectivity index (χ0) is 16.7. The molecule has 2 saturated heterocycles. The summed E-state index contributed by atoms with van der Waals surface area (Å²) >= 11 is 0. The van der Waals surface area contributed by atoms with Crippen molar-refractivity contribution in [2.45, 2.75) is 43.8 Å². The van der Waals surface area contributed by atoms with Crippen molar-refractivity contribution in [3.05, 3.63) is 42.5 Å². The Balaban J connectivity index is 1.50. The van der Waals surface area contributed by atoms with Gasteiger partial charge in [0.15, 0.2) is 0 Å². The number of para-hydroxylation sites is 1. The number of halogens is 2. The fraction of sp³-hybridized carbons (Fsp3) is 0.438. The predicted octanol–water partition coefficient (Wildman–Crippen LogP) is 2.96. The molecular weight excluding hydrogens is 316 g/mol. The minimum atomic E-state index is -0.770. The Hall–Kier alpha value is -2.51. The third-order valence-corrected chi connectivity index (χ3v) is 4.95. The lowest BCUT2D eigenvalue weighted by atomic mass is 9.98. The van der Waals surface area contributed by atoms with Crippen molar-refractivity contribution in [1.29, 1.82) is 0 Å². The van der Waals surface area contributed by atoms with Crippen molar-refractivity contribution in [2.24, 2.45) is 0 Å². The highest BCUT2D eigenvalue weighted by atomic mass is 19.1. The highest BCUT2D eigenvalue weighted by Gasteiger charge is 2.44. The summed E-state index contributed by atoms with van der Waals surface area (Å²) < 4.78 is 29.3. The summed E-state index contributed by atoms with van der Waals surface area (Å²) in [5.41, 5.74) is -0.389. The number of carbonyl (C=O) groups excluding carboxylic acids is 1. The van der Waals surface area contributed by atoms with E-state index in [2.05, 4.69) is 15.4 Å². The van der Waals surface area contributed by atoms with Gasteiger partial charge in [-0.3, -0.25) is 0 Å². The van der Waals surface area contributed by atoms with Gasteiger partial charge in [-0.25, -0.2) is 23.2 Å². The summed E-state index contributed by atoms with van der Waals surface area (Å²) in [5, 5.41) is 6.59. The van der Waals surface area contributed by atoms with E-state index in [1.807, 2.05) is 4.68 Å². The molecule has 24 heavy (non-hydrogen) atoms. The fourth-order valence-corrected chi connectivity index (χ4v) is 3.89. The monoisotopic (exact) mass is 333 g/mol. The van der Waals surface area contributed by atoms with Crippen LogP contribution in [0.1, 0.15) is 31.7 Å². The average molecular weight is 333 g/mol. The Bertz CT molecular complexity index is 717. The Morgan fingerprint density at radius 3 is 2.38 bits per heavy atom. The van der Waals surface area contributed by atoms with Gasteiger partial charge in [0, 0.05) is 12.1 Å². The first-order chi connectivity index (χ1) is 11.6. The van der Waals surface area contributed by atoms with Crippen LogP contribution in [0.4, 0.5) is 19.3 Å². The summed E-state index contributed by atoms with van der Waals surface area (Å²) in [6.45, 7) is 0. The molecule has 1 aromatic carbocycles. The van der Waals surface area contributed by atoms with Gasteiger partial charge >= 0.3 is 6.03 Å². The van der Waals surface area contributed by atoms with E-state index < -0.39 is 17.7 Å².